The quantitative estimate of drug-likeness (QED) is 0.441. The summed E-state index contributed by atoms with van der Waals surface area (Å²) in [4.78, 5) is 9.11. The molecule has 132 valence electrons. The van der Waals surface area contributed by atoms with Crippen LogP contribution in [-0.2, 0) is 20.1 Å². The lowest BCUT2D eigenvalue weighted by atomic mass is 10.3. The predicted molar refractivity (Wildman–Crippen MR) is 104 cm³/mol. The number of aromatic nitrogens is 2. The normalized spacial score (nSPS) is 16.1. The van der Waals surface area contributed by atoms with Crippen LogP contribution in [0.2, 0.25) is 0 Å². The smallest absolute Gasteiger partial charge is 0.194 e. The first-order valence-corrected chi connectivity index (χ1v) is 7.92. The molecule has 3 rings (SSSR count). The molecule has 0 unspecified atom stereocenters. The van der Waals surface area contributed by atoms with Gasteiger partial charge in [0.15, 0.2) is 5.96 Å². The second-order valence-electron chi connectivity index (χ2n) is 5.84. The summed E-state index contributed by atoms with van der Waals surface area (Å²) in [6.45, 7) is 5.57. The van der Waals surface area contributed by atoms with E-state index < -0.39 is 0 Å². The molecule has 0 aliphatic carbocycles. The van der Waals surface area contributed by atoms with Gasteiger partial charge in [-0.05, 0) is 11.6 Å². The fraction of sp³-hybridized carbons (Fsp3) is 0.500. The van der Waals surface area contributed by atoms with Crippen LogP contribution >= 0.6 is 24.0 Å². The van der Waals surface area contributed by atoms with Crippen molar-refractivity contribution in [2.75, 3.05) is 33.2 Å². The highest BCUT2D eigenvalue weighted by atomic mass is 127. The fourth-order valence-corrected chi connectivity index (χ4v) is 2.84. The van der Waals surface area contributed by atoms with E-state index in [1.165, 1.54) is 5.56 Å². The summed E-state index contributed by atoms with van der Waals surface area (Å²) in [5.74, 6) is 0.968. The van der Waals surface area contributed by atoms with Crippen LogP contribution in [0.1, 0.15) is 11.3 Å². The summed E-state index contributed by atoms with van der Waals surface area (Å²) < 4.78 is 6.95. The van der Waals surface area contributed by atoms with E-state index in [1.54, 1.807) is 6.26 Å². The number of piperazine rings is 1. The van der Waals surface area contributed by atoms with Gasteiger partial charge in [-0.3, -0.25) is 9.89 Å². The maximum atomic E-state index is 4.89. The first-order valence-electron chi connectivity index (χ1n) is 7.92. The zero-order chi connectivity index (χ0) is 16.1. The van der Waals surface area contributed by atoms with Gasteiger partial charge in [0, 0.05) is 71.8 Å². The highest BCUT2D eigenvalue weighted by molar-refractivity contribution is 14.0. The SMILES string of the molecule is CN=C(NCc1ccn(C)c1)N1CCN(Cc2ccon2)CC1.I. The van der Waals surface area contributed by atoms with Gasteiger partial charge in [-0.15, -0.1) is 24.0 Å². The van der Waals surface area contributed by atoms with E-state index in [1.807, 2.05) is 20.2 Å². The second-order valence-corrected chi connectivity index (χ2v) is 5.84. The molecule has 1 N–H and O–H groups in total. The summed E-state index contributed by atoms with van der Waals surface area (Å²) in [7, 11) is 3.88. The molecule has 0 saturated carbocycles. The molecule has 0 spiro atoms. The number of halogens is 1. The number of aryl methyl sites for hydroxylation is 1. The summed E-state index contributed by atoms with van der Waals surface area (Å²) in [5.41, 5.74) is 2.25. The minimum atomic E-state index is 0. The Labute approximate surface area is 159 Å². The Balaban J connectivity index is 0.00000208. The van der Waals surface area contributed by atoms with E-state index in [2.05, 4.69) is 48.3 Å². The zero-order valence-electron chi connectivity index (χ0n) is 14.2. The van der Waals surface area contributed by atoms with Crippen LogP contribution in [0.25, 0.3) is 0 Å². The molecule has 3 heterocycles. The lowest BCUT2D eigenvalue weighted by Crippen LogP contribution is -2.52. The molecule has 2 aromatic rings. The highest BCUT2D eigenvalue weighted by Gasteiger charge is 2.20. The topological polar surface area (TPSA) is 61.8 Å². The van der Waals surface area contributed by atoms with Crippen molar-refractivity contribution in [1.82, 2.24) is 24.8 Å². The molecular formula is C16H25IN6O. The molecular weight excluding hydrogens is 419 g/mol. The van der Waals surface area contributed by atoms with Crippen LogP contribution in [0, 0.1) is 0 Å². The van der Waals surface area contributed by atoms with Crippen LogP contribution < -0.4 is 5.32 Å². The van der Waals surface area contributed by atoms with E-state index in [-0.39, 0.29) is 24.0 Å². The molecule has 1 aliphatic rings. The highest BCUT2D eigenvalue weighted by Crippen LogP contribution is 2.07. The maximum absolute atomic E-state index is 4.89. The number of rotatable bonds is 4. The molecule has 0 amide bonds. The molecule has 1 fully saturated rings. The molecule has 1 saturated heterocycles. The van der Waals surface area contributed by atoms with Gasteiger partial charge in [0.05, 0.1) is 5.69 Å². The van der Waals surface area contributed by atoms with Crippen molar-refractivity contribution in [3.63, 3.8) is 0 Å². The van der Waals surface area contributed by atoms with Crippen molar-refractivity contribution in [2.45, 2.75) is 13.1 Å². The van der Waals surface area contributed by atoms with Crippen molar-refractivity contribution in [3.05, 3.63) is 42.0 Å². The van der Waals surface area contributed by atoms with Crippen LogP contribution in [0.5, 0.6) is 0 Å². The van der Waals surface area contributed by atoms with Crippen LogP contribution in [0.4, 0.5) is 0 Å². The summed E-state index contributed by atoms with van der Waals surface area (Å²) in [5, 5.41) is 7.42. The molecule has 0 atom stereocenters. The number of guanidine groups is 1. The monoisotopic (exact) mass is 444 g/mol. The first kappa shape index (κ1) is 18.8. The molecule has 0 aromatic carbocycles. The van der Waals surface area contributed by atoms with Gasteiger partial charge in [0.25, 0.3) is 0 Å². The third-order valence-electron chi connectivity index (χ3n) is 4.10. The van der Waals surface area contributed by atoms with E-state index >= 15 is 0 Å². The van der Waals surface area contributed by atoms with Crippen molar-refractivity contribution >= 4 is 29.9 Å². The summed E-state index contributed by atoms with van der Waals surface area (Å²) in [6.07, 6.45) is 5.81. The zero-order valence-corrected chi connectivity index (χ0v) is 16.5. The summed E-state index contributed by atoms with van der Waals surface area (Å²) in [6, 6.07) is 4.04. The fourth-order valence-electron chi connectivity index (χ4n) is 2.84. The Morgan fingerprint density at radius 1 is 1.29 bits per heavy atom. The molecule has 1 aliphatic heterocycles. The van der Waals surface area contributed by atoms with Gasteiger partial charge in [-0.2, -0.15) is 0 Å². The number of hydrogen-bond acceptors (Lipinski definition) is 4. The lowest BCUT2D eigenvalue weighted by Gasteiger charge is -2.36. The minimum absolute atomic E-state index is 0. The van der Waals surface area contributed by atoms with E-state index in [0.717, 1.165) is 50.9 Å². The van der Waals surface area contributed by atoms with Crippen molar-refractivity contribution in [2.24, 2.45) is 12.0 Å². The number of aliphatic imine (C=N–C) groups is 1. The Bertz CT molecular complexity index is 631. The third-order valence-corrected chi connectivity index (χ3v) is 4.10. The van der Waals surface area contributed by atoms with Gasteiger partial charge in [-0.25, -0.2) is 0 Å². The van der Waals surface area contributed by atoms with Gasteiger partial charge < -0.3 is 19.3 Å². The second kappa shape index (κ2) is 9.07. The van der Waals surface area contributed by atoms with Gasteiger partial charge in [-0.1, -0.05) is 5.16 Å². The van der Waals surface area contributed by atoms with E-state index in [0.29, 0.717) is 0 Å². The Hall–Kier alpha value is -1.55. The van der Waals surface area contributed by atoms with Crippen molar-refractivity contribution in [3.8, 4) is 0 Å². The molecule has 24 heavy (non-hydrogen) atoms. The first-order chi connectivity index (χ1) is 11.2. The maximum Gasteiger partial charge on any atom is 0.194 e. The molecule has 0 bridgehead atoms. The standard InChI is InChI=1S/C16H24N6O.HI/c1-17-16(18-11-14-3-5-20(2)12-14)22-8-6-21(7-9-22)13-15-4-10-23-19-15;/h3-5,10,12H,6-9,11,13H2,1-2H3,(H,17,18);1H. The average Bonchev–Trinajstić information content (AvgIpc) is 3.21. The van der Waals surface area contributed by atoms with Gasteiger partial charge in [0.2, 0.25) is 0 Å². The van der Waals surface area contributed by atoms with Crippen molar-refractivity contribution in [1.29, 1.82) is 0 Å². The Morgan fingerprint density at radius 2 is 2.08 bits per heavy atom. The van der Waals surface area contributed by atoms with Gasteiger partial charge in [0.1, 0.15) is 6.26 Å². The average molecular weight is 444 g/mol. The van der Waals surface area contributed by atoms with Crippen LogP contribution in [-0.4, -0.2) is 58.7 Å². The number of nitrogens with zero attached hydrogens (tertiary/aromatic N) is 5. The van der Waals surface area contributed by atoms with E-state index in [4.69, 9.17) is 4.52 Å². The Kier molecular flexibility index (Phi) is 7.10. The molecule has 8 heteroatoms. The number of hydrogen-bond donors (Lipinski definition) is 1. The number of nitrogens with one attached hydrogen (secondary N) is 1. The Morgan fingerprint density at radius 3 is 2.67 bits per heavy atom. The van der Waals surface area contributed by atoms with Crippen molar-refractivity contribution < 1.29 is 4.52 Å². The van der Waals surface area contributed by atoms with Crippen LogP contribution in [0.3, 0.4) is 0 Å². The lowest BCUT2D eigenvalue weighted by molar-refractivity contribution is 0.169. The molecule has 2 aromatic heterocycles. The minimum Gasteiger partial charge on any atom is -0.364 e. The molecule has 7 nitrogen and oxygen atoms in total. The van der Waals surface area contributed by atoms with Crippen LogP contribution in [0.15, 0.2) is 40.3 Å². The molecule has 0 radical (unpaired) electrons. The summed E-state index contributed by atoms with van der Waals surface area (Å²) >= 11 is 0. The largest absolute Gasteiger partial charge is 0.364 e. The van der Waals surface area contributed by atoms with Gasteiger partial charge >= 0.3 is 0 Å². The predicted octanol–water partition coefficient (Wildman–Crippen LogP) is 1.52. The third kappa shape index (κ3) is 4.97. The van der Waals surface area contributed by atoms with E-state index in [9.17, 15) is 0 Å².